The van der Waals surface area contributed by atoms with Crippen molar-refractivity contribution in [2.75, 3.05) is 0 Å². The molecule has 0 aromatic heterocycles. The van der Waals surface area contributed by atoms with E-state index in [-0.39, 0.29) is 5.41 Å². The molecule has 0 unspecified atom stereocenters. The van der Waals surface area contributed by atoms with Crippen molar-refractivity contribution in [2.45, 2.75) is 40.0 Å². The van der Waals surface area contributed by atoms with E-state index in [1.165, 1.54) is 22.3 Å². The van der Waals surface area contributed by atoms with Gasteiger partial charge in [-0.05, 0) is 43.0 Å². The van der Waals surface area contributed by atoms with Crippen LogP contribution in [0, 0.1) is 12.8 Å². The maximum absolute atomic E-state index is 4.00. The summed E-state index contributed by atoms with van der Waals surface area (Å²) in [5, 5.41) is 0. The van der Waals surface area contributed by atoms with Crippen LogP contribution in [-0.4, -0.2) is 0 Å². The van der Waals surface area contributed by atoms with Crippen LogP contribution in [0.25, 0.3) is 11.1 Å². The minimum Gasteiger partial charge on any atom is -0.124 e. The van der Waals surface area contributed by atoms with Gasteiger partial charge in [-0.1, -0.05) is 80.6 Å². The highest BCUT2D eigenvalue weighted by molar-refractivity contribution is 5.80. The van der Waals surface area contributed by atoms with Gasteiger partial charge in [0, 0.05) is 5.41 Å². The van der Waals surface area contributed by atoms with Crippen LogP contribution in [0.2, 0.25) is 0 Å². The van der Waals surface area contributed by atoms with Crippen molar-refractivity contribution in [1.82, 2.24) is 0 Å². The molecule has 0 aliphatic heterocycles. The smallest absolute Gasteiger partial charge is 0.0158 e. The fourth-order valence-corrected chi connectivity index (χ4v) is 2.67. The van der Waals surface area contributed by atoms with Crippen molar-refractivity contribution in [3.8, 4) is 24.0 Å². The van der Waals surface area contributed by atoms with Crippen molar-refractivity contribution in [1.29, 1.82) is 0 Å². The minimum absolute atomic E-state index is 0.160. The standard InChI is InChI=1S/C15H14.C4H8.C3H6.C2H2/c1-15(2)13-9-5-3-7-11(13)12-8-4-6-10-14(12)15;1-3-4-2;1-3-2;1-2/h3-10H,1-2H3;3-4H,1-2H3;3H,1H2,2H3;1-2H/b;4-3-;;. The van der Waals surface area contributed by atoms with E-state index in [0.29, 0.717) is 0 Å². The lowest BCUT2D eigenvalue weighted by molar-refractivity contribution is 0.660. The van der Waals surface area contributed by atoms with Crippen LogP contribution < -0.4 is 0 Å². The zero-order valence-corrected chi connectivity index (χ0v) is 15.7. The molecule has 24 heavy (non-hydrogen) atoms. The van der Waals surface area contributed by atoms with Crippen LogP contribution in [0.5, 0.6) is 0 Å². The molecule has 0 bridgehead atoms. The third kappa shape index (κ3) is 5.00. The summed E-state index contributed by atoms with van der Waals surface area (Å²) in [6.07, 6.45) is 13.8. The van der Waals surface area contributed by atoms with Crippen LogP contribution in [0.15, 0.2) is 73.3 Å². The lowest BCUT2D eigenvalue weighted by atomic mass is 9.82. The largest absolute Gasteiger partial charge is 0.124 e. The van der Waals surface area contributed by atoms with Gasteiger partial charge in [-0.15, -0.1) is 19.4 Å². The molecular formula is C24H30. The van der Waals surface area contributed by atoms with Crippen LogP contribution in [0.3, 0.4) is 0 Å². The molecule has 0 saturated carbocycles. The topological polar surface area (TPSA) is 0 Å². The fourth-order valence-electron chi connectivity index (χ4n) is 2.67. The maximum Gasteiger partial charge on any atom is 0.0158 e. The van der Waals surface area contributed by atoms with Gasteiger partial charge >= 0.3 is 0 Å². The third-order valence-corrected chi connectivity index (χ3v) is 3.82. The van der Waals surface area contributed by atoms with Crippen LogP contribution in [0.4, 0.5) is 0 Å². The molecule has 1 aliphatic rings. The Morgan fingerprint density at radius 2 is 1.04 bits per heavy atom. The maximum atomic E-state index is 4.00. The fraction of sp³-hybridized carbons (Fsp3) is 0.250. The van der Waals surface area contributed by atoms with E-state index in [9.17, 15) is 0 Å². The quantitative estimate of drug-likeness (QED) is 0.362. The van der Waals surface area contributed by atoms with E-state index in [2.05, 4.69) is 81.8 Å². The number of fused-ring (bicyclic) bond motifs is 3. The summed E-state index contributed by atoms with van der Waals surface area (Å²) in [6.45, 7) is 13.9. The Hall–Kier alpha value is -2.52. The molecule has 0 N–H and O–H groups in total. The molecular weight excluding hydrogens is 288 g/mol. The van der Waals surface area contributed by atoms with Crippen molar-refractivity contribution < 1.29 is 0 Å². The molecule has 0 spiro atoms. The zero-order valence-electron chi connectivity index (χ0n) is 15.7. The molecule has 0 amide bonds. The van der Waals surface area contributed by atoms with Crippen LogP contribution >= 0.6 is 0 Å². The number of hydrogen-bond acceptors (Lipinski definition) is 0. The predicted molar refractivity (Wildman–Crippen MR) is 110 cm³/mol. The molecule has 0 fully saturated rings. The number of allylic oxidation sites excluding steroid dienone is 3. The minimum atomic E-state index is 0.160. The van der Waals surface area contributed by atoms with Crippen LogP contribution in [0.1, 0.15) is 45.7 Å². The second kappa shape index (κ2) is 11.1. The summed E-state index contributed by atoms with van der Waals surface area (Å²) in [6, 6.07) is 17.4. The van der Waals surface area contributed by atoms with Gasteiger partial charge in [-0.2, -0.15) is 0 Å². The lowest BCUT2D eigenvalue weighted by Crippen LogP contribution is -2.14. The molecule has 0 atom stereocenters. The molecule has 0 radical (unpaired) electrons. The van der Waals surface area contributed by atoms with Crippen LogP contribution in [-0.2, 0) is 5.41 Å². The van der Waals surface area contributed by atoms with E-state index in [0.717, 1.165) is 0 Å². The summed E-state index contributed by atoms with van der Waals surface area (Å²) in [4.78, 5) is 0. The van der Waals surface area contributed by atoms with Gasteiger partial charge in [0.1, 0.15) is 0 Å². The summed E-state index contributed by atoms with van der Waals surface area (Å²) < 4.78 is 0. The van der Waals surface area contributed by atoms with E-state index >= 15 is 0 Å². The molecule has 2 aromatic rings. The first kappa shape index (κ1) is 21.5. The zero-order chi connectivity index (χ0) is 18.6. The molecule has 0 saturated heterocycles. The molecule has 3 rings (SSSR count). The summed E-state index contributed by atoms with van der Waals surface area (Å²) in [5.41, 5.74) is 5.86. The monoisotopic (exact) mass is 318 g/mol. The van der Waals surface area contributed by atoms with Crippen molar-refractivity contribution >= 4 is 0 Å². The van der Waals surface area contributed by atoms with Gasteiger partial charge in [-0.25, -0.2) is 0 Å². The van der Waals surface area contributed by atoms with Gasteiger partial charge in [0.05, 0.1) is 0 Å². The summed E-state index contributed by atoms with van der Waals surface area (Å²) in [7, 11) is 0. The van der Waals surface area contributed by atoms with E-state index in [1.54, 1.807) is 6.08 Å². The van der Waals surface area contributed by atoms with Gasteiger partial charge in [0.15, 0.2) is 0 Å². The molecule has 1 aliphatic carbocycles. The number of rotatable bonds is 0. The van der Waals surface area contributed by atoms with Gasteiger partial charge in [0.25, 0.3) is 0 Å². The van der Waals surface area contributed by atoms with Gasteiger partial charge in [-0.3, -0.25) is 0 Å². The molecule has 0 heteroatoms. The van der Waals surface area contributed by atoms with Gasteiger partial charge in [0.2, 0.25) is 0 Å². The highest BCUT2D eigenvalue weighted by atomic mass is 14.4. The van der Waals surface area contributed by atoms with Crippen molar-refractivity contribution in [3.63, 3.8) is 0 Å². The van der Waals surface area contributed by atoms with E-state index < -0.39 is 0 Å². The second-order valence-electron chi connectivity index (χ2n) is 5.79. The van der Waals surface area contributed by atoms with E-state index in [1.807, 2.05) is 32.9 Å². The Balaban J connectivity index is 0.000000501. The summed E-state index contributed by atoms with van der Waals surface area (Å²) in [5.74, 6) is 0. The number of benzene rings is 2. The first-order valence-electron chi connectivity index (χ1n) is 8.21. The average molecular weight is 319 g/mol. The Morgan fingerprint density at radius 3 is 1.33 bits per heavy atom. The second-order valence-corrected chi connectivity index (χ2v) is 5.79. The van der Waals surface area contributed by atoms with Crippen molar-refractivity contribution in [2.24, 2.45) is 0 Å². The molecule has 0 heterocycles. The lowest BCUT2D eigenvalue weighted by Gasteiger charge is -2.20. The highest BCUT2D eigenvalue weighted by Gasteiger charge is 2.34. The normalized spacial score (nSPS) is 12.1. The van der Waals surface area contributed by atoms with E-state index in [4.69, 9.17) is 0 Å². The SMILES string of the molecule is C#C.C/C=C\C.C=CC.CC1(C)c2ccccc2-c2ccccc21. The Bertz CT molecular complexity index is 618. The summed E-state index contributed by atoms with van der Waals surface area (Å²) >= 11 is 0. The van der Waals surface area contributed by atoms with Gasteiger partial charge < -0.3 is 0 Å². The first-order chi connectivity index (χ1) is 11.5. The number of hydrogen-bond donors (Lipinski definition) is 0. The Kier molecular flexibility index (Phi) is 9.92. The molecule has 0 nitrogen and oxygen atoms in total. The Morgan fingerprint density at radius 1 is 0.750 bits per heavy atom. The molecule has 126 valence electrons. The predicted octanol–water partition coefficient (Wildman–Crippen LogP) is 7.02. The first-order valence-corrected chi connectivity index (χ1v) is 8.21. The average Bonchev–Trinajstić information content (AvgIpc) is 2.86. The van der Waals surface area contributed by atoms with Crippen molar-refractivity contribution in [3.05, 3.63) is 84.5 Å². The third-order valence-electron chi connectivity index (χ3n) is 3.82. The Labute approximate surface area is 148 Å². The number of terminal acetylenes is 1. The highest BCUT2D eigenvalue weighted by Crippen LogP contribution is 2.47. The molecule has 2 aromatic carbocycles.